The smallest absolute Gasteiger partial charge is 0.225 e. The maximum Gasteiger partial charge on any atom is 0.225 e. The first-order valence-corrected chi connectivity index (χ1v) is 12.1. The van der Waals surface area contributed by atoms with Gasteiger partial charge in [0, 0.05) is 55.5 Å². The molecular weight excluding hydrogens is 449 g/mol. The average molecular weight is 478 g/mol. The Bertz CT molecular complexity index is 961. The van der Waals surface area contributed by atoms with Gasteiger partial charge in [0.1, 0.15) is 0 Å². The first-order valence-electron chi connectivity index (χ1n) is 11.4. The number of oxazole rings is 1. The highest BCUT2D eigenvalue weighted by Gasteiger charge is 2.31. The van der Waals surface area contributed by atoms with Gasteiger partial charge in [0.05, 0.1) is 11.2 Å². The van der Waals surface area contributed by atoms with E-state index in [9.17, 15) is 9.59 Å². The maximum atomic E-state index is 12.8. The third-order valence-corrected chi connectivity index (χ3v) is 7.14. The van der Waals surface area contributed by atoms with Crippen molar-refractivity contribution in [1.29, 1.82) is 0 Å². The number of nitrogens with zero attached hydrogens (tertiary/aromatic N) is 3. The highest BCUT2D eigenvalue weighted by atomic mass is 35.5. The topological polar surface area (TPSA) is 66.7 Å². The van der Waals surface area contributed by atoms with Gasteiger partial charge < -0.3 is 14.2 Å². The molecule has 8 heteroatoms. The van der Waals surface area contributed by atoms with E-state index in [2.05, 4.69) is 11.9 Å². The fourth-order valence-electron chi connectivity index (χ4n) is 4.47. The van der Waals surface area contributed by atoms with Crippen LogP contribution in [0.15, 0.2) is 28.8 Å². The number of benzene rings is 1. The summed E-state index contributed by atoms with van der Waals surface area (Å²) in [5.74, 6) is 2.17. The molecule has 0 N–H and O–H groups in total. The SMILES string of the molecule is CC1CCN(C(=O)C2CCN(C(=O)CCc3ncc(-c4ccc(Cl)cc4Cl)o3)CC2)CC1. The first kappa shape index (κ1) is 23.1. The number of hydrogen-bond acceptors (Lipinski definition) is 4. The Kier molecular flexibility index (Phi) is 7.41. The number of aromatic nitrogens is 1. The van der Waals surface area contributed by atoms with E-state index in [0.29, 0.717) is 53.5 Å². The zero-order valence-corrected chi connectivity index (χ0v) is 19.9. The molecule has 0 radical (unpaired) electrons. The molecule has 1 aromatic heterocycles. The van der Waals surface area contributed by atoms with Crippen LogP contribution >= 0.6 is 23.2 Å². The van der Waals surface area contributed by atoms with E-state index >= 15 is 0 Å². The quantitative estimate of drug-likeness (QED) is 0.602. The second-order valence-corrected chi connectivity index (χ2v) is 9.75. The normalized spacial score (nSPS) is 18.2. The van der Waals surface area contributed by atoms with Crippen LogP contribution in [0.2, 0.25) is 10.0 Å². The van der Waals surface area contributed by atoms with Crippen LogP contribution in [0.1, 0.15) is 44.9 Å². The van der Waals surface area contributed by atoms with Crippen molar-refractivity contribution in [3.8, 4) is 11.3 Å². The van der Waals surface area contributed by atoms with Gasteiger partial charge in [0.15, 0.2) is 11.7 Å². The summed E-state index contributed by atoms with van der Waals surface area (Å²) in [7, 11) is 0. The minimum absolute atomic E-state index is 0.0471. The number of rotatable bonds is 5. The number of hydrogen-bond donors (Lipinski definition) is 0. The zero-order valence-electron chi connectivity index (χ0n) is 18.4. The molecule has 0 aliphatic carbocycles. The largest absolute Gasteiger partial charge is 0.441 e. The highest BCUT2D eigenvalue weighted by molar-refractivity contribution is 6.36. The van der Waals surface area contributed by atoms with Gasteiger partial charge in [-0.1, -0.05) is 30.1 Å². The minimum Gasteiger partial charge on any atom is -0.441 e. The summed E-state index contributed by atoms with van der Waals surface area (Å²) in [6.45, 7) is 5.27. The molecule has 0 bridgehead atoms. The van der Waals surface area contributed by atoms with Crippen LogP contribution < -0.4 is 0 Å². The number of likely N-dealkylation sites (tertiary alicyclic amines) is 2. The Morgan fingerprint density at radius 3 is 2.44 bits per heavy atom. The highest BCUT2D eigenvalue weighted by Crippen LogP contribution is 2.31. The van der Waals surface area contributed by atoms with E-state index in [1.165, 1.54) is 0 Å². The molecule has 172 valence electrons. The molecule has 2 aliphatic heterocycles. The lowest BCUT2D eigenvalue weighted by atomic mass is 9.92. The zero-order chi connectivity index (χ0) is 22.7. The van der Waals surface area contributed by atoms with Gasteiger partial charge >= 0.3 is 0 Å². The predicted octanol–water partition coefficient (Wildman–Crippen LogP) is 5.08. The number of halogens is 2. The molecule has 3 heterocycles. The third-order valence-electron chi connectivity index (χ3n) is 6.60. The van der Waals surface area contributed by atoms with E-state index in [1.54, 1.807) is 24.4 Å². The number of aryl methyl sites for hydroxylation is 1. The molecule has 2 fully saturated rings. The molecule has 4 rings (SSSR count). The second kappa shape index (κ2) is 10.3. The van der Waals surface area contributed by atoms with Crippen molar-refractivity contribution in [2.45, 2.75) is 45.4 Å². The maximum absolute atomic E-state index is 12.8. The molecule has 2 amide bonds. The molecule has 0 atom stereocenters. The fraction of sp³-hybridized carbons (Fsp3) is 0.542. The Morgan fingerprint density at radius 2 is 1.75 bits per heavy atom. The van der Waals surface area contributed by atoms with Gasteiger partial charge in [0.2, 0.25) is 11.8 Å². The van der Waals surface area contributed by atoms with Crippen molar-refractivity contribution in [3.05, 3.63) is 40.3 Å². The Balaban J connectivity index is 1.24. The molecule has 0 unspecified atom stereocenters. The van der Waals surface area contributed by atoms with Crippen LogP contribution in [0.25, 0.3) is 11.3 Å². The minimum atomic E-state index is 0.0471. The van der Waals surface area contributed by atoms with E-state index in [0.717, 1.165) is 44.3 Å². The van der Waals surface area contributed by atoms with Crippen molar-refractivity contribution in [3.63, 3.8) is 0 Å². The summed E-state index contributed by atoms with van der Waals surface area (Å²) < 4.78 is 5.79. The molecule has 2 saturated heterocycles. The summed E-state index contributed by atoms with van der Waals surface area (Å²) in [4.78, 5) is 33.6. The summed E-state index contributed by atoms with van der Waals surface area (Å²) >= 11 is 12.2. The van der Waals surface area contributed by atoms with Gasteiger partial charge in [-0.3, -0.25) is 9.59 Å². The fourth-order valence-corrected chi connectivity index (χ4v) is 4.98. The number of carbonyl (C=O) groups is 2. The van der Waals surface area contributed by atoms with Gasteiger partial charge in [-0.15, -0.1) is 0 Å². The molecule has 2 aliphatic rings. The molecule has 32 heavy (non-hydrogen) atoms. The standard InChI is InChI=1S/C24H29Cl2N3O3/c1-16-6-10-29(11-7-16)24(31)17-8-12-28(13-9-17)23(30)5-4-22-27-15-21(32-22)19-3-2-18(25)14-20(19)26/h2-3,14-17H,4-13H2,1H3. The van der Waals surface area contributed by atoms with Crippen LogP contribution in [0.5, 0.6) is 0 Å². The molecule has 0 spiro atoms. The van der Waals surface area contributed by atoms with Crippen LogP contribution in [0, 0.1) is 11.8 Å². The number of carbonyl (C=O) groups excluding carboxylic acids is 2. The van der Waals surface area contributed by atoms with E-state index in [4.69, 9.17) is 27.6 Å². The van der Waals surface area contributed by atoms with Gasteiger partial charge in [-0.2, -0.15) is 0 Å². The van der Waals surface area contributed by atoms with Crippen molar-refractivity contribution >= 4 is 35.0 Å². The Labute approximate surface area is 198 Å². The van der Waals surface area contributed by atoms with Crippen molar-refractivity contribution < 1.29 is 14.0 Å². The van der Waals surface area contributed by atoms with Crippen LogP contribution in [0.3, 0.4) is 0 Å². The molecule has 2 aromatic rings. The van der Waals surface area contributed by atoms with Gasteiger partial charge in [-0.05, 0) is 49.8 Å². The number of amides is 2. The van der Waals surface area contributed by atoms with E-state index in [1.807, 2.05) is 9.80 Å². The lowest BCUT2D eigenvalue weighted by Gasteiger charge is -2.36. The molecular formula is C24H29Cl2N3O3. The van der Waals surface area contributed by atoms with Gasteiger partial charge in [0.25, 0.3) is 0 Å². The summed E-state index contributed by atoms with van der Waals surface area (Å²) in [5, 5.41) is 1.05. The monoisotopic (exact) mass is 477 g/mol. The van der Waals surface area contributed by atoms with Crippen molar-refractivity contribution in [1.82, 2.24) is 14.8 Å². The van der Waals surface area contributed by atoms with E-state index in [-0.39, 0.29) is 17.7 Å². The molecule has 1 aromatic carbocycles. The molecule has 6 nitrogen and oxygen atoms in total. The van der Waals surface area contributed by atoms with E-state index < -0.39 is 0 Å². The van der Waals surface area contributed by atoms with Crippen LogP contribution in [-0.2, 0) is 16.0 Å². The second-order valence-electron chi connectivity index (χ2n) is 8.91. The summed E-state index contributed by atoms with van der Waals surface area (Å²) in [6.07, 6.45) is 6.05. The average Bonchev–Trinajstić information content (AvgIpc) is 3.26. The summed E-state index contributed by atoms with van der Waals surface area (Å²) in [5.41, 5.74) is 0.719. The number of piperidine rings is 2. The predicted molar refractivity (Wildman–Crippen MR) is 125 cm³/mol. The summed E-state index contributed by atoms with van der Waals surface area (Å²) in [6, 6.07) is 5.19. The van der Waals surface area contributed by atoms with Crippen molar-refractivity contribution in [2.24, 2.45) is 11.8 Å². The first-order chi connectivity index (χ1) is 15.4. The van der Waals surface area contributed by atoms with Gasteiger partial charge in [-0.25, -0.2) is 4.98 Å². The van der Waals surface area contributed by atoms with Crippen LogP contribution in [0.4, 0.5) is 0 Å². The molecule has 0 saturated carbocycles. The Morgan fingerprint density at radius 1 is 1.06 bits per heavy atom. The Hall–Kier alpha value is -2.05. The third kappa shape index (κ3) is 5.46. The van der Waals surface area contributed by atoms with Crippen LogP contribution in [-0.4, -0.2) is 52.8 Å². The lowest BCUT2D eigenvalue weighted by molar-refractivity contribution is -0.141. The van der Waals surface area contributed by atoms with Crippen molar-refractivity contribution in [2.75, 3.05) is 26.2 Å². The lowest BCUT2D eigenvalue weighted by Crippen LogP contribution is -2.46.